The molecule has 1 amide bonds. The van der Waals surface area contributed by atoms with Crippen LogP contribution in [0.5, 0.6) is 0 Å². The molecule has 0 heterocycles. The first-order valence-corrected chi connectivity index (χ1v) is 5.15. The summed E-state index contributed by atoms with van der Waals surface area (Å²) < 4.78 is 37.6. The van der Waals surface area contributed by atoms with Crippen LogP contribution in [-0.2, 0) is 6.18 Å². The Morgan fingerprint density at radius 3 is 2.50 bits per heavy atom. The molecule has 0 fully saturated rings. The maximum atomic E-state index is 12.5. The third-order valence-electron chi connectivity index (χ3n) is 1.87. The molecule has 0 unspecified atom stereocenters. The summed E-state index contributed by atoms with van der Waals surface area (Å²) in [5.41, 5.74) is -1.29. The number of alkyl halides is 3. The van der Waals surface area contributed by atoms with Crippen molar-refractivity contribution in [1.29, 1.82) is 0 Å². The minimum absolute atomic E-state index is 0.230. The fraction of sp³-hybridized carbons (Fsp3) is 0.300. The van der Waals surface area contributed by atoms with Gasteiger partial charge in [-0.2, -0.15) is 25.8 Å². The van der Waals surface area contributed by atoms with Crippen molar-refractivity contribution in [3.05, 3.63) is 35.4 Å². The van der Waals surface area contributed by atoms with Crippen LogP contribution in [0.4, 0.5) is 13.2 Å². The summed E-state index contributed by atoms with van der Waals surface area (Å²) in [4.78, 5) is 11.4. The third-order valence-corrected chi connectivity index (χ3v) is 2.10. The summed E-state index contributed by atoms with van der Waals surface area (Å²) in [6.45, 7) is 0.230. The van der Waals surface area contributed by atoms with E-state index < -0.39 is 17.6 Å². The monoisotopic (exact) mass is 249 g/mol. The molecule has 6 heteroatoms. The van der Waals surface area contributed by atoms with Crippen molar-refractivity contribution in [2.75, 3.05) is 12.3 Å². The molecule has 0 aliphatic rings. The number of benzene rings is 1. The van der Waals surface area contributed by atoms with Crippen LogP contribution < -0.4 is 5.32 Å². The number of amides is 1. The molecule has 0 saturated carbocycles. The highest BCUT2D eigenvalue weighted by Gasteiger charge is 2.34. The van der Waals surface area contributed by atoms with Crippen LogP contribution in [-0.4, -0.2) is 18.2 Å². The quantitative estimate of drug-likeness (QED) is 0.791. The maximum absolute atomic E-state index is 12.5. The topological polar surface area (TPSA) is 29.1 Å². The van der Waals surface area contributed by atoms with Gasteiger partial charge in [0.25, 0.3) is 5.91 Å². The highest BCUT2D eigenvalue weighted by atomic mass is 32.1. The Kier molecular flexibility index (Phi) is 4.23. The van der Waals surface area contributed by atoms with Crippen molar-refractivity contribution in [2.24, 2.45) is 0 Å². The van der Waals surface area contributed by atoms with Gasteiger partial charge in [-0.3, -0.25) is 4.79 Å². The Bertz CT molecular complexity index is 379. The molecular formula is C10H10F3NOS. The summed E-state index contributed by atoms with van der Waals surface area (Å²) in [5, 5.41) is 2.35. The van der Waals surface area contributed by atoms with Gasteiger partial charge in [0, 0.05) is 12.3 Å². The third kappa shape index (κ3) is 3.16. The van der Waals surface area contributed by atoms with E-state index >= 15 is 0 Å². The van der Waals surface area contributed by atoms with Gasteiger partial charge < -0.3 is 5.32 Å². The van der Waals surface area contributed by atoms with E-state index in [9.17, 15) is 18.0 Å². The van der Waals surface area contributed by atoms with Gasteiger partial charge in [0.2, 0.25) is 0 Å². The highest BCUT2D eigenvalue weighted by molar-refractivity contribution is 7.80. The number of carbonyl (C=O) groups is 1. The predicted octanol–water partition coefficient (Wildman–Crippen LogP) is 2.37. The molecular weight excluding hydrogens is 239 g/mol. The van der Waals surface area contributed by atoms with Crippen molar-refractivity contribution in [3.63, 3.8) is 0 Å². The zero-order chi connectivity index (χ0) is 12.2. The number of nitrogens with one attached hydrogen (secondary N) is 1. The molecule has 0 aliphatic heterocycles. The number of carbonyl (C=O) groups excluding carboxylic acids is 1. The molecule has 16 heavy (non-hydrogen) atoms. The predicted molar refractivity (Wildman–Crippen MR) is 57.6 cm³/mol. The second-order valence-corrected chi connectivity index (χ2v) is 3.47. The second kappa shape index (κ2) is 5.25. The number of rotatable bonds is 3. The molecule has 88 valence electrons. The normalized spacial score (nSPS) is 11.2. The van der Waals surface area contributed by atoms with Crippen LogP contribution in [0.1, 0.15) is 15.9 Å². The molecule has 0 radical (unpaired) electrons. The lowest BCUT2D eigenvalue weighted by atomic mass is 10.1. The van der Waals surface area contributed by atoms with E-state index in [1.807, 2.05) is 0 Å². The van der Waals surface area contributed by atoms with Crippen LogP contribution >= 0.6 is 12.6 Å². The van der Waals surface area contributed by atoms with Gasteiger partial charge in [-0.25, -0.2) is 0 Å². The lowest BCUT2D eigenvalue weighted by Crippen LogP contribution is -2.27. The van der Waals surface area contributed by atoms with Crippen molar-refractivity contribution in [2.45, 2.75) is 6.18 Å². The molecule has 1 aromatic rings. The molecule has 0 bridgehead atoms. The maximum Gasteiger partial charge on any atom is 0.417 e. The SMILES string of the molecule is O=C(NCCS)c1ccccc1C(F)(F)F. The van der Waals surface area contributed by atoms with E-state index in [1.165, 1.54) is 12.1 Å². The standard InChI is InChI=1S/C10H10F3NOS/c11-10(12,13)8-4-2-1-3-7(8)9(15)14-5-6-16/h1-4,16H,5-6H2,(H,14,15). The van der Waals surface area contributed by atoms with E-state index in [-0.39, 0.29) is 12.1 Å². The van der Waals surface area contributed by atoms with Crippen LogP contribution in [0.3, 0.4) is 0 Å². The largest absolute Gasteiger partial charge is 0.417 e. The van der Waals surface area contributed by atoms with Crippen LogP contribution in [0, 0.1) is 0 Å². The Morgan fingerprint density at radius 1 is 1.31 bits per heavy atom. The van der Waals surface area contributed by atoms with Gasteiger partial charge in [-0.15, -0.1) is 0 Å². The fourth-order valence-corrected chi connectivity index (χ4v) is 1.30. The summed E-state index contributed by atoms with van der Waals surface area (Å²) in [7, 11) is 0. The molecule has 0 atom stereocenters. The summed E-state index contributed by atoms with van der Waals surface area (Å²) >= 11 is 3.85. The van der Waals surface area contributed by atoms with Crippen LogP contribution in [0.2, 0.25) is 0 Å². The smallest absolute Gasteiger partial charge is 0.351 e. The van der Waals surface area contributed by atoms with E-state index in [2.05, 4.69) is 17.9 Å². The first-order chi connectivity index (χ1) is 7.46. The van der Waals surface area contributed by atoms with E-state index in [1.54, 1.807) is 0 Å². The Hall–Kier alpha value is -1.17. The summed E-state index contributed by atoms with van der Waals surface area (Å²) in [6.07, 6.45) is -4.52. The molecule has 1 N–H and O–H groups in total. The number of hydrogen-bond donors (Lipinski definition) is 2. The number of halogens is 3. The first kappa shape index (κ1) is 12.9. The molecule has 0 aromatic heterocycles. The Labute approximate surface area is 96.3 Å². The van der Waals surface area contributed by atoms with Crippen molar-refractivity contribution in [1.82, 2.24) is 5.32 Å². The van der Waals surface area contributed by atoms with Gasteiger partial charge in [0.1, 0.15) is 0 Å². The minimum Gasteiger partial charge on any atom is -0.351 e. The molecule has 0 aliphatic carbocycles. The van der Waals surface area contributed by atoms with Crippen LogP contribution in [0.25, 0.3) is 0 Å². The summed E-state index contributed by atoms with van der Waals surface area (Å²) in [5.74, 6) is -0.359. The fourth-order valence-electron chi connectivity index (χ4n) is 1.19. The molecule has 1 aromatic carbocycles. The zero-order valence-corrected chi connectivity index (χ0v) is 9.11. The van der Waals surface area contributed by atoms with Crippen molar-refractivity contribution < 1.29 is 18.0 Å². The Morgan fingerprint density at radius 2 is 1.94 bits per heavy atom. The van der Waals surface area contributed by atoms with E-state index in [0.717, 1.165) is 12.1 Å². The lowest BCUT2D eigenvalue weighted by molar-refractivity contribution is -0.137. The molecule has 0 spiro atoms. The second-order valence-electron chi connectivity index (χ2n) is 3.02. The average Bonchev–Trinajstić information content (AvgIpc) is 2.24. The highest BCUT2D eigenvalue weighted by Crippen LogP contribution is 2.31. The first-order valence-electron chi connectivity index (χ1n) is 4.52. The lowest BCUT2D eigenvalue weighted by Gasteiger charge is -2.12. The van der Waals surface area contributed by atoms with Crippen molar-refractivity contribution >= 4 is 18.5 Å². The number of thiol groups is 1. The van der Waals surface area contributed by atoms with Crippen LogP contribution in [0.15, 0.2) is 24.3 Å². The van der Waals surface area contributed by atoms with E-state index in [0.29, 0.717) is 5.75 Å². The molecule has 2 nitrogen and oxygen atoms in total. The number of hydrogen-bond acceptors (Lipinski definition) is 2. The molecule has 0 saturated heterocycles. The summed E-state index contributed by atoms with van der Waals surface area (Å²) in [6, 6.07) is 4.68. The van der Waals surface area contributed by atoms with Gasteiger partial charge in [0.15, 0.2) is 0 Å². The van der Waals surface area contributed by atoms with E-state index in [4.69, 9.17) is 0 Å². The minimum atomic E-state index is -4.52. The zero-order valence-electron chi connectivity index (χ0n) is 8.21. The van der Waals surface area contributed by atoms with Crippen molar-refractivity contribution in [3.8, 4) is 0 Å². The van der Waals surface area contributed by atoms with Gasteiger partial charge in [-0.1, -0.05) is 12.1 Å². The van der Waals surface area contributed by atoms with Gasteiger partial charge in [0.05, 0.1) is 11.1 Å². The van der Waals surface area contributed by atoms with Gasteiger partial charge in [-0.05, 0) is 12.1 Å². The van der Waals surface area contributed by atoms with Gasteiger partial charge >= 0.3 is 6.18 Å². The Balaban J connectivity index is 3.00. The average molecular weight is 249 g/mol. The molecule has 1 rings (SSSR count).